The minimum atomic E-state index is -1.10. The van der Waals surface area contributed by atoms with Crippen LogP contribution in [0.5, 0.6) is 5.75 Å². The van der Waals surface area contributed by atoms with E-state index in [1.807, 2.05) is 0 Å². The molecule has 0 bridgehead atoms. The molecule has 0 amide bonds. The van der Waals surface area contributed by atoms with Gasteiger partial charge in [-0.15, -0.1) is 0 Å². The summed E-state index contributed by atoms with van der Waals surface area (Å²) in [6.45, 7) is 0. The molecule has 1 aromatic rings. The van der Waals surface area contributed by atoms with Crippen molar-refractivity contribution in [2.24, 2.45) is 0 Å². The van der Waals surface area contributed by atoms with E-state index in [1.54, 1.807) is 19.0 Å². The van der Waals surface area contributed by atoms with Crippen molar-refractivity contribution in [2.75, 3.05) is 19.0 Å². The lowest BCUT2D eigenvalue weighted by Gasteiger charge is -2.12. The summed E-state index contributed by atoms with van der Waals surface area (Å²) < 4.78 is 0. The van der Waals surface area contributed by atoms with E-state index in [4.69, 9.17) is 5.11 Å². The summed E-state index contributed by atoms with van der Waals surface area (Å²) in [7, 11) is 3.42. The minimum absolute atomic E-state index is 0.0249. The molecule has 1 heterocycles. The topological polar surface area (TPSA) is 73.7 Å². The molecule has 0 spiro atoms. The fourth-order valence-corrected chi connectivity index (χ4v) is 0.907. The van der Waals surface area contributed by atoms with E-state index in [1.165, 1.54) is 12.3 Å². The summed E-state index contributed by atoms with van der Waals surface area (Å²) in [5, 5.41) is 17.9. The van der Waals surface area contributed by atoms with Crippen LogP contribution in [0.15, 0.2) is 12.3 Å². The van der Waals surface area contributed by atoms with Crippen molar-refractivity contribution in [3.05, 3.63) is 17.8 Å². The van der Waals surface area contributed by atoms with Crippen LogP contribution in [0, 0.1) is 0 Å². The molecule has 0 aliphatic carbocycles. The average Bonchev–Trinajstić information content (AvgIpc) is 2.03. The van der Waals surface area contributed by atoms with Gasteiger partial charge in [-0.1, -0.05) is 0 Å². The van der Waals surface area contributed by atoms with Gasteiger partial charge in [0.05, 0.1) is 5.56 Å². The summed E-state index contributed by atoms with van der Waals surface area (Å²) in [5.41, 5.74) is -0.0249. The molecule has 0 atom stereocenters. The Morgan fingerprint density at radius 1 is 1.54 bits per heavy atom. The van der Waals surface area contributed by atoms with E-state index in [-0.39, 0.29) is 11.3 Å². The number of carboxylic acid groups (broad SMARTS) is 1. The molecular formula is C8H10N2O3. The Morgan fingerprint density at radius 2 is 2.15 bits per heavy atom. The average molecular weight is 182 g/mol. The standard InChI is InChI=1S/C8H10N2O3/c1-10(2)7-6(11)3-5(4-9-7)8(12)13/h3-4,11H,1-2H3,(H,12,13). The molecule has 5 heteroatoms. The Labute approximate surface area is 75.3 Å². The maximum atomic E-state index is 10.5. The van der Waals surface area contributed by atoms with E-state index in [0.717, 1.165) is 0 Å². The first kappa shape index (κ1) is 9.31. The maximum Gasteiger partial charge on any atom is 0.337 e. The van der Waals surface area contributed by atoms with E-state index in [2.05, 4.69) is 4.98 Å². The molecule has 0 aliphatic heterocycles. The van der Waals surface area contributed by atoms with Crippen molar-refractivity contribution in [3.8, 4) is 5.75 Å². The number of carbonyl (C=O) groups is 1. The van der Waals surface area contributed by atoms with Gasteiger partial charge in [0.1, 0.15) is 0 Å². The number of anilines is 1. The first-order valence-electron chi connectivity index (χ1n) is 3.62. The number of carboxylic acids is 1. The molecule has 0 aliphatic rings. The number of rotatable bonds is 2. The van der Waals surface area contributed by atoms with Gasteiger partial charge < -0.3 is 15.1 Å². The van der Waals surface area contributed by atoms with Gasteiger partial charge in [0.2, 0.25) is 0 Å². The summed E-state index contributed by atoms with van der Waals surface area (Å²) in [6, 6.07) is 1.17. The fourth-order valence-electron chi connectivity index (χ4n) is 0.907. The lowest BCUT2D eigenvalue weighted by atomic mass is 10.2. The van der Waals surface area contributed by atoms with Crippen molar-refractivity contribution < 1.29 is 15.0 Å². The second kappa shape index (κ2) is 3.30. The van der Waals surface area contributed by atoms with Gasteiger partial charge in [0.15, 0.2) is 11.6 Å². The van der Waals surface area contributed by atoms with Crippen molar-refractivity contribution in [3.63, 3.8) is 0 Å². The predicted molar refractivity (Wildman–Crippen MR) is 47.2 cm³/mol. The molecule has 70 valence electrons. The van der Waals surface area contributed by atoms with Gasteiger partial charge >= 0.3 is 5.97 Å². The third kappa shape index (κ3) is 1.87. The smallest absolute Gasteiger partial charge is 0.337 e. The lowest BCUT2D eigenvalue weighted by Crippen LogP contribution is -2.11. The summed E-state index contributed by atoms with van der Waals surface area (Å²) >= 11 is 0. The number of nitrogens with zero attached hydrogens (tertiary/aromatic N) is 2. The zero-order valence-corrected chi connectivity index (χ0v) is 7.35. The lowest BCUT2D eigenvalue weighted by molar-refractivity contribution is 0.0696. The van der Waals surface area contributed by atoms with Gasteiger partial charge in [-0.3, -0.25) is 0 Å². The number of pyridine rings is 1. The second-order valence-electron chi connectivity index (χ2n) is 2.77. The molecule has 0 radical (unpaired) electrons. The number of hydrogen-bond acceptors (Lipinski definition) is 4. The van der Waals surface area contributed by atoms with Crippen LogP contribution < -0.4 is 4.90 Å². The minimum Gasteiger partial charge on any atom is -0.504 e. The fraction of sp³-hybridized carbons (Fsp3) is 0.250. The van der Waals surface area contributed by atoms with Crippen LogP contribution in [0.2, 0.25) is 0 Å². The zero-order valence-electron chi connectivity index (χ0n) is 7.35. The third-order valence-electron chi connectivity index (χ3n) is 1.52. The van der Waals surface area contributed by atoms with Crippen molar-refractivity contribution in [1.82, 2.24) is 4.98 Å². The highest BCUT2D eigenvalue weighted by atomic mass is 16.4. The maximum absolute atomic E-state index is 10.5. The molecule has 0 fully saturated rings. The predicted octanol–water partition coefficient (Wildman–Crippen LogP) is 0.551. The van der Waals surface area contributed by atoms with E-state index in [0.29, 0.717) is 5.82 Å². The SMILES string of the molecule is CN(C)c1ncc(C(=O)O)cc1O. The Hall–Kier alpha value is -1.78. The molecule has 1 aromatic heterocycles. The molecule has 0 saturated heterocycles. The van der Waals surface area contributed by atoms with Crippen LogP contribution in [0.4, 0.5) is 5.82 Å². The normalized spacial score (nSPS) is 9.69. The van der Waals surface area contributed by atoms with Gasteiger partial charge in [0.25, 0.3) is 0 Å². The molecule has 5 nitrogen and oxygen atoms in total. The van der Waals surface area contributed by atoms with Crippen LogP contribution in [0.1, 0.15) is 10.4 Å². The second-order valence-corrected chi connectivity index (χ2v) is 2.77. The Kier molecular flexibility index (Phi) is 2.36. The molecular weight excluding hydrogens is 172 g/mol. The molecule has 0 aromatic carbocycles. The summed E-state index contributed by atoms with van der Waals surface area (Å²) in [6.07, 6.45) is 1.21. The number of hydrogen-bond donors (Lipinski definition) is 2. The van der Waals surface area contributed by atoms with Crippen LogP contribution in [-0.2, 0) is 0 Å². The molecule has 0 saturated carbocycles. The highest BCUT2D eigenvalue weighted by molar-refractivity contribution is 5.88. The van der Waals surface area contributed by atoms with Crippen LogP contribution in [0.3, 0.4) is 0 Å². The number of aromatic hydroxyl groups is 1. The van der Waals surface area contributed by atoms with E-state index in [9.17, 15) is 9.90 Å². The summed E-state index contributed by atoms with van der Waals surface area (Å²) in [5.74, 6) is -0.886. The Morgan fingerprint density at radius 3 is 2.54 bits per heavy atom. The molecule has 0 unspecified atom stereocenters. The zero-order chi connectivity index (χ0) is 10.0. The van der Waals surface area contributed by atoms with Gasteiger partial charge in [0, 0.05) is 20.3 Å². The monoisotopic (exact) mass is 182 g/mol. The van der Waals surface area contributed by atoms with Gasteiger partial charge in [-0.05, 0) is 6.07 Å². The van der Waals surface area contributed by atoms with Crippen molar-refractivity contribution >= 4 is 11.8 Å². The largest absolute Gasteiger partial charge is 0.504 e. The van der Waals surface area contributed by atoms with Crippen molar-refractivity contribution in [1.29, 1.82) is 0 Å². The Bertz CT molecular complexity index is 336. The van der Waals surface area contributed by atoms with Crippen LogP contribution >= 0.6 is 0 Å². The number of aromatic carboxylic acids is 1. The summed E-state index contributed by atoms with van der Waals surface area (Å²) in [4.78, 5) is 15.9. The van der Waals surface area contributed by atoms with E-state index >= 15 is 0 Å². The van der Waals surface area contributed by atoms with E-state index < -0.39 is 5.97 Å². The van der Waals surface area contributed by atoms with Crippen molar-refractivity contribution in [2.45, 2.75) is 0 Å². The number of aromatic nitrogens is 1. The highest BCUT2D eigenvalue weighted by Gasteiger charge is 2.09. The Balaban J connectivity index is 3.13. The first-order chi connectivity index (χ1) is 6.02. The quantitative estimate of drug-likeness (QED) is 0.698. The molecule has 1 rings (SSSR count). The van der Waals surface area contributed by atoms with Gasteiger partial charge in [-0.2, -0.15) is 0 Å². The molecule has 2 N–H and O–H groups in total. The third-order valence-corrected chi connectivity index (χ3v) is 1.52. The molecule has 13 heavy (non-hydrogen) atoms. The highest BCUT2D eigenvalue weighted by Crippen LogP contribution is 2.22. The van der Waals surface area contributed by atoms with Crippen LogP contribution in [-0.4, -0.2) is 35.3 Å². The van der Waals surface area contributed by atoms with Crippen LogP contribution in [0.25, 0.3) is 0 Å². The van der Waals surface area contributed by atoms with Gasteiger partial charge in [-0.25, -0.2) is 9.78 Å². The first-order valence-corrected chi connectivity index (χ1v) is 3.62.